The maximum absolute atomic E-state index is 12.5. The smallest absolute Gasteiger partial charge is 0.269 e. The molecule has 2 aromatic heterocycles. The summed E-state index contributed by atoms with van der Waals surface area (Å²) in [6.07, 6.45) is 1.59. The Hall–Kier alpha value is -3.33. The average molecular weight is 368 g/mol. The van der Waals surface area contributed by atoms with Gasteiger partial charge in [0.05, 0.1) is 18.8 Å². The van der Waals surface area contributed by atoms with Crippen LogP contribution in [-0.4, -0.2) is 37.0 Å². The first-order chi connectivity index (χ1) is 12.5. The molecule has 0 radical (unpaired) electrons. The fourth-order valence-corrected chi connectivity index (χ4v) is 3.46. The number of thiazole rings is 1. The van der Waals surface area contributed by atoms with Gasteiger partial charge in [-0.3, -0.25) is 23.7 Å². The molecule has 0 N–H and O–H groups in total. The molecule has 3 aromatic rings. The van der Waals surface area contributed by atoms with E-state index in [0.717, 1.165) is 15.4 Å². The Kier molecular flexibility index (Phi) is 3.85. The van der Waals surface area contributed by atoms with Crippen molar-refractivity contribution in [2.24, 2.45) is 0 Å². The summed E-state index contributed by atoms with van der Waals surface area (Å²) in [6, 6.07) is 9.46. The first-order valence-corrected chi connectivity index (χ1v) is 8.59. The van der Waals surface area contributed by atoms with E-state index >= 15 is 0 Å². The van der Waals surface area contributed by atoms with Gasteiger partial charge >= 0.3 is 17.8 Å². The van der Waals surface area contributed by atoms with Crippen molar-refractivity contribution < 1.29 is 14.4 Å². The molecule has 9 heteroatoms. The van der Waals surface area contributed by atoms with Crippen LogP contribution >= 0.6 is 11.3 Å². The maximum atomic E-state index is 12.5. The van der Waals surface area contributed by atoms with Gasteiger partial charge in [0.25, 0.3) is 5.56 Å². The van der Waals surface area contributed by atoms with E-state index in [2.05, 4.69) is 4.98 Å². The van der Waals surface area contributed by atoms with Crippen LogP contribution in [0.15, 0.2) is 52.8 Å². The number of fused-ring (bicyclic) bond motifs is 1. The molecule has 0 bridgehead atoms. The highest BCUT2D eigenvalue weighted by Crippen LogP contribution is 2.18. The molecule has 1 saturated heterocycles. The predicted octanol–water partition coefficient (Wildman–Crippen LogP) is 1.25. The number of urea groups is 1. The lowest BCUT2D eigenvalue weighted by Gasteiger charge is -2.15. The molecule has 1 aliphatic rings. The van der Waals surface area contributed by atoms with Crippen LogP contribution in [0.25, 0.3) is 4.96 Å². The van der Waals surface area contributed by atoms with Crippen molar-refractivity contribution >= 4 is 34.1 Å². The van der Waals surface area contributed by atoms with Crippen LogP contribution in [0, 0.1) is 0 Å². The number of carbonyl (C=O) groups is 3. The molecule has 0 unspecified atom stereocenters. The molecular formula is C17H12N4O4S. The van der Waals surface area contributed by atoms with Crippen molar-refractivity contribution in [2.45, 2.75) is 13.1 Å². The second-order valence-corrected chi connectivity index (χ2v) is 6.57. The minimum atomic E-state index is -0.917. The van der Waals surface area contributed by atoms with Crippen molar-refractivity contribution in [1.82, 2.24) is 19.2 Å². The molecule has 3 heterocycles. The maximum Gasteiger partial charge on any atom is 0.334 e. The molecule has 0 saturated carbocycles. The number of nitrogens with zero attached hydrogens (tertiary/aromatic N) is 4. The van der Waals surface area contributed by atoms with Gasteiger partial charge in [-0.05, 0) is 5.56 Å². The summed E-state index contributed by atoms with van der Waals surface area (Å²) >= 11 is 1.26. The summed E-state index contributed by atoms with van der Waals surface area (Å²) < 4.78 is 1.37. The molecule has 1 aliphatic heterocycles. The van der Waals surface area contributed by atoms with E-state index in [1.807, 2.05) is 6.07 Å². The van der Waals surface area contributed by atoms with Crippen molar-refractivity contribution in [3.63, 3.8) is 0 Å². The number of hydrogen-bond donors (Lipinski definition) is 0. The molecule has 0 aliphatic carbocycles. The van der Waals surface area contributed by atoms with Crippen molar-refractivity contribution in [3.8, 4) is 0 Å². The molecule has 4 rings (SSSR count). The second-order valence-electron chi connectivity index (χ2n) is 5.69. The van der Waals surface area contributed by atoms with Gasteiger partial charge < -0.3 is 0 Å². The molecule has 26 heavy (non-hydrogen) atoms. The summed E-state index contributed by atoms with van der Waals surface area (Å²) in [5, 5.41) is 1.71. The van der Waals surface area contributed by atoms with Gasteiger partial charge in [0, 0.05) is 17.6 Å². The Balaban J connectivity index is 1.60. The third-order valence-corrected chi connectivity index (χ3v) is 4.75. The molecular weight excluding hydrogens is 356 g/mol. The number of rotatable bonds is 4. The standard InChI is InChI=1S/C17H12N4O4S/c22-13-8-12(18-16-19(13)6-7-26-16)10-21-15(24)14(23)20(17(21)25)9-11-4-2-1-3-5-11/h1-8H,9-10H2. The first kappa shape index (κ1) is 16.2. The van der Waals surface area contributed by atoms with E-state index in [-0.39, 0.29) is 24.3 Å². The van der Waals surface area contributed by atoms with E-state index in [1.165, 1.54) is 21.8 Å². The van der Waals surface area contributed by atoms with Gasteiger partial charge in [-0.15, -0.1) is 11.3 Å². The van der Waals surface area contributed by atoms with Crippen LogP contribution in [0.4, 0.5) is 4.79 Å². The summed E-state index contributed by atoms with van der Waals surface area (Å²) in [4.78, 5) is 55.4. The molecule has 1 aromatic carbocycles. The van der Waals surface area contributed by atoms with Gasteiger partial charge in [0.15, 0.2) is 4.96 Å². The lowest BCUT2D eigenvalue weighted by Crippen LogP contribution is -2.33. The SMILES string of the molecule is O=C1C(=O)N(Cc2cc(=O)n3ccsc3n2)C(=O)N1Cc1ccccc1. The van der Waals surface area contributed by atoms with Crippen LogP contribution in [0.3, 0.4) is 0 Å². The summed E-state index contributed by atoms with van der Waals surface area (Å²) in [7, 11) is 0. The second kappa shape index (κ2) is 6.19. The number of amides is 4. The highest BCUT2D eigenvalue weighted by Gasteiger charge is 2.44. The van der Waals surface area contributed by atoms with Crippen molar-refractivity contribution in [2.75, 3.05) is 0 Å². The molecule has 4 amide bonds. The number of aromatic nitrogens is 2. The van der Waals surface area contributed by atoms with Crippen LogP contribution < -0.4 is 5.56 Å². The molecule has 8 nitrogen and oxygen atoms in total. The Morgan fingerprint density at radius 1 is 0.923 bits per heavy atom. The number of hydrogen-bond acceptors (Lipinski definition) is 6. The highest BCUT2D eigenvalue weighted by atomic mass is 32.1. The van der Waals surface area contributed by atoms with E-state index in [9.17, 15) is 19.2 Å². The fraction of sp³-hybridized carbons (Fsp3) is 0.118. The van der Waals surface area contributed by atoms with Gasteiger partial charge in [0.1, 0.15) is 0 Å². The molecule has 0 spiro atoms. The first-order valence-electron chi connectivity index (χ1n) is 7.71. The number of benzene rings is 1. The van der Waals surface area contributed by atoms with Crippen molar-refractivity contribution in [1.29, 1.82) is 0 Å². The van der Waals surface area contributed by atoms with Crippen LogP contribution in [0.5, 0.6) is 0 Å². The third kappa shape index (κ3) is 2.68. The van der Waals surface area contributed by atoms with Crippen molar-refractivity contribution in [3.05, 3.63) is 69.6 Å². The largest absolute Gasteiger partial charge is 0.334 e. The predicted molar refractivity (Wildman–Crippen MR) is 92.3 cm³/mol. The molecule has 1 fully saturated rings. The quantitative estimate of drug-likeness (QED) is 0.510. The van der Waals surface area contributed by atoms with Crippen LogP contribution in [0.2, 0.25) is 0 Å². The Bertz CT molecular complexity index is 1090. The van der Waals surface area contributed by atoms with Gasteiger partial charge in [-0.25, -0.2) is 14.7 Å². The molecule has 0 atom stereocenters. The minimum absolute atomic E-state index is 0.0147. The zero-order valence-electron chi connectivity index (χ0n) is 13.4. The summed E-state index contributed by atoms with van der Waals surface area (Å²) in [5.41, 5.74) is 0.687. The molecule has 130 valence electrons. The van der Waals surface area contributed by atoms with E-state index in [1.54, 1.807) is 35.8 Å². The zero-order valence-corrected chi connectivity index (χ0v) is 14.2. The van der Waals surface area contributed by atoms with Gasteiger partial charge in [-0.1, -0.05) is 30.3 Å². The van der Waals surface area contributed by atoms with Gasteiger partial charge in [-0.2, -0.15) is 0 Å². The monoisotopic (exact) mass is 368 g/mol. The fourth-order valence-electron chi connectivity index (χ4n) is 2.73. The van der Waals surface area contributed by atoms with E-state index in [4.69, 9.17) is 0 Å². The summed E-state index contributed by atoms with van der Waals surface area (Å²) in [6.45, 7) is -0.209. The Morgan fingerprint density at radius 3 is 2.35 bits per heavy atom. The Morgan fingerprint density at radius 2 is 1.62 bits per heavy atom. The Labute approximate surface area is 150 Å². The van der Waals surface area contributed by atoms with Crippen LogP contribution in [-0.2, 0) is 22.7 Å². The minimum Gasteiger partial charge on any atom is -0.269 e. The highest BCUT2D eigenvalue weighted by molar-refractivity contribution is 7.15. The van der Waals surface area contributed by atoms with Gasteiger partial charge in [0.2, 0.25) is 0 Å². The average Bonchev–Trinajstić information content (AvgIpc) is 3.18. The van der Waals surface area contributed by atoms with E-state index < -0.39 is 17.8 Å². The lowest BCUT2D eigenvalue weighted by molar-refractivity contribution is -0.143. The normalized spacial score (nSPS) is 14.7. The lowest BCUT2D eigenvalue weighted by atomic mass is 10.2. The number of imide groups is 2. The summed E-state index contributed by atoms with van der Waals surface area (Å²) in [5.74, 6) is -1.80. The van der Waals surface area contributed by atoms with Crippen LogP contribution in [0.1, 0.15) is 11.3 Å². The number of carbonyl (C=O) groups excluding carboxylic acids is 3. The third-order valence-electron chi connectivity index (χ3n) is 3.99. The topological polar surface area (TPSA) is 92.1 Å². The zero-order chi connectivity index (χ0) is 18.3. The van der Waals surface area contributed by atoms with E-state index in [0.29, 0.717) is 4.96 Å².